The predicted octanol–water partition coefficient (Wildman–Crippen LogP) is 2.39. The number of aryl methyl sites for hydroxylation is 2. The van der Waals surface area contributed by atoms with Gasteiger partial charge in [-0.1, -0.05) is 6.92 Å². The van der Waals surface area contributed by atoms with Gasteiger partial charge in [0.2, 0.25) is 5.91 Å². The lowest BCUT2D eigenvalue weighted by Crippen LogP contribution is -2.39. The highest BCUT2D eigenvalue weighted by Crippen LogP contribution is 2.29. The first-order valence-electron chi connectivity index (χ1n) is 7.85. The Balaban J connectivity index is 1.63. The fourth-order valence-corrected chi connectivity index (χ4v) is 3.96. The molecular formula is C16H22N4OS. The number of hydrogen-bond acceptors (Lipinski definition) is 4. The Hall–Kier alpha value is -1.69. The van der Waals surface area contributed by atoms with Crippen molar-refractivity contribution in [2.45, 2.75) is 38.5 Å². The van der Waals surface area contributed by atoms with E-state index in [1.165, 1.54) is 10.7 Å². The summed E-state index contributed by atoms with van der Waals surface area (Å²) in [6.45, 7) is 3.79. The zero-order valence-corrected chi connectivity index (χ0v) is 14.0. The largest absolute Gasteiger partial charge is 0.342 e. The molecule has 0 N–H and O–H groups in total. The van der Waals surface area contributed by atoms with E-state index >= 15 is 0 Å². The number of likely N-dealkylation sites (tertiary alicyclic amines) is 1. The standard InChI is InChI=1S/C16H22N4OS/c1-3-14-11-22-16(18-14)13-5-4-6-20(10-13)15(21)7-12-8-17-19(2)9-12/h8-9,11,13H,3-7,10H2,1-2H3/t13-/m1/s1. The van der Waals surface area contributed by atoms with Crippen molar-refractivity contribution in [3.05, 3.63) is 34.0 Å². The minimum Gasteiger partial charge on any atom is -0.342 e. The van der Waals surface area contributed by atoms with Crippen molar-refractivity contribution >= 4 is 17.2 Å². The van der Waals surface area contributed by atoms with Crippen LogP contribution in [0.1, 0.15) is 41.9 Å². The van der Waals surface area contributed by atoms with Crippen molar-refractivity contribution in [1.82, 2.24) is 19.7 Å². The molecule has 0 aromatic carbocycles. The number of rotatable bonds is 4. The van der Waals surface area contributed by atoms with E-state index in [-0.39, 0.29) is 5.91 Å². The molecule has 0 radical (unpaired) electrons. The van der Waals surface area contributed by atoms with Crippen LogP contribution in [0.4, 0.5) is 0 Å². The van der Waals surface area contributed by atoms with Gasteiger partial charge in [0.15, 0.2) is 0 Å². The van der Waals surface area contributed by atoms with Crippen molar-refractivity contribution in [2.75, 3.05) is 13.1 Å². The third kappa shape index (κ3) is 3.38. The molecule has 0 aliphatic carbocycles. The summed E-state index contributed by atoms with van der Waals surface area (Å²) in [6.07, 6.45) is 7.30. The van der Waals surface area contributed by atoms with Crippen LogP contribution in [0.5, 0.6) is 0 Å². The van der Waals surface area contributed by atoms with Crippen LogP contribution < -0.4 is 0 Å². The number of carbonyl (C=O) groups is 1. The molecule has 5 nitrogen and oxygen atoms in total. The van der Waals surface area contributed by atoms with Gasteiger partial charge in [0, 0.05) is 37.6 Å². The molecule has 1 aliphatic rings. The van der Waals surface area contributed by atoms with E-state index in [1.807, 2.05) is 18.1 Å². The molecular weight excluding hydrogens is 296 g/mol. The second-order valence-electron chi connectivity index (χ2n) is 5.91. The monoisotopic (exact) mass is 318 g/mol. The molecule has 2 aromatic heterocycles. The van der Waals surface area contributed by atoms with Gasteiger partial charge < -0.3 is 4.90 Å². The highest BCUT2D eigenvalue weighted by Gasteiger charge is 2.26. The van der Waals surface area contributed by atoms with E-state index in [2.05, 4.69) is 17.4 Å². The van der Waals surface area contributed by atoms with Crippen molar-refractivity contribution in [2.24, 2.45) is 7.05 Å². The fourth-order valence-electron chi connectivity index (χ4n) is 2.93. The number of carbonyl (C=O) groups excluding carboxylic acids is 1. The van der Waals surface area contributed by atoms with Crippen LogP contribution in [0.25, 0.3) is 0 Å². The molecule has 6 heteroatoms. The SMILES string of the molecule is CCc1csc([C@@H]2CCCN(C(=O)Cc3cnn(C)c3)C2)n1. The van der Waals surface area contributed by atoms with Gasteiger partial charge in [-0.15, -0.1) is 11.3 Å². The number of aromatic nitrogens is 3. The molecule has 1 amide bonds. The lowest BCUT2D eigenvalue weighted by molar-refractivity contribution is -0.131. The Kier molecular flexibility index (Phi) is 4.57. The molecule has 0 spiro atoms. The first-order chi connectivity index (χ1) is 10.7. The average molecular weight is 318 g/mol. The summed E-state index contributed by atoms with van der Waals surface area (Å²) in [5, 5.41) is 7.46. The first kappa shape index (κ1) is 15.2. The van der Waals surface area contributed by atoms with Crippen LogP contribution in [0.3, 0.4) is 0 Å². The Morgan fingerprint density at radius 2 is 2.36 bits per heavy atom. The van der Waals surface area contributed by atoms with Gasteiger partial charge in [-0.2, -0.15) is 5.10 Å². The molecule has 3 heterocycles. The summed E-state index contributed by atoms with van der Waals surface area (Å²) in [6, 6.07) is 0. The maximum atomic E-state index is 12.5. The van der Waals surface area contributed by atoms with Gasteiger partial charge in [0.05, 0.1) is 23.3 Å². The molecule has 2 aromatic rings. The van der Waals surface area contributed by atoms with Crippen LogP contribution in [0.2, 0.25) is 0 Å². The van der Waals surface area contributed by atoms with E-state index in [1.54, 1.807) is 22.2 Å². The van der Waals surface area contributed by atoms with Crippen molar-refractivity contribution in [3.8, 4) is 0 Å². The normalized spacial score (nSPS) is 18.6. The van der Waals surface area contributed by atoms with E-state index < -0.39 is 0 Å². The second kappa shape index (κ2) is 6.60. The van der Waals surface area contributed by atoms with Gasteiger partial charge >= 0.3 is 0 Å². The molecule has 1 atom stereocenters. The minimum atomic E-state index is 0.199. The number of nitrogens with zero attached hydrogens (tertiary/aromatic N) is 4. The van der Waals surface area contributed by atoms with Gasteiger partial charge in [0.25, 0.3) is 0 Å². The van der Waals surface area contributed by atoms with Crippen molar-refractivity contribution in [3.63, 3.8) is 0 Å². The fraction of sp³-hybridized carbons (Fsp3) is 0.562. The molecule has 0 saturated carbocycles. The van der Waals surface area contributed by atoms with Gasteiger partial charge in [-0.05, 0) is 24.8 Å². The summed E-state index contributed by atoms with van der Waals surface area (Å²) in [4.78, 5) is 19.2. The van der Waals surface area contributed by atoms with Gasteiger partial charge in [-0.3, -0.25) is 9.48 Å². The zero-order valence-electron chi connectivity index (χ0n) is 13.2. The molecule has 0 unspecified atom stereocenters. The summed E-state index contributed by atoms with van der Waals surface area (Å²) in [7, 11) is 1.87. The van der Waals surface area contributed by atoms with Crippen LogP contribution >= 0.6 is 11.3 Å². The summed E-state index contributed by atoms with van der Waals surface area (Å²) < 4.78 is 1.74. The highest BCUT2D eigenvalue weighted by molar-refractivity contribution is 7.09. The van der Waals surface area contributed by atoms with Crippen LogP contribution in [0, 0.1) is 0 Å². The lowest BCUT2D eigenvalue weighted by atomic mass is 9.98. The second-order valence-corrected chi connectivity index (χ2v) is 6.80. The average Bonchev–Trinajstić information content (AvgIpc) is 3.16. The Morgan fingerprint density at radius 1 is 1.50 bits per heavy atom. The maximum absolute atomic E-state index is 12.5. The van der Waals surface area contributed by atoms with E-state index in [0.29, 0.717) is 12.3 Å². The Bertz CT molecular complexity index is 648. The Morgan fingerprint density at radius 3 is 3.05 bits per heavy atom. The molecule has 1 fully saturated rings. The Labute approximate surface area is 135 Å². The van der Waals surface area contributed by atoms with Crippen molar-refractivity contribution < 1.29 is 4.79 Å². The first-order valence-corrected chi connectivity index (χ1v) is 8.73. The summed E-state index contributed by atoms with van der Waals surface area (Å²) in [5.41, 5.74) is 2.15. The third-order valence-electron chi connectivity index (χ3n) is 4.17. The number of amides is 1. The smallest absolute Gasteiger partial charge is 0.227 e. The molecule has 1 aliphatic heterocycles. The van der Waals surface area contributed by atoms with Crippen LogP contribution in [0.15, 0.2) is 17.8 Å². The number of thiazole rings is 1. The number of piperidine rings is 1. The quantitative estimate of drug-likeness (QED) is 0.870. The minimum absolute atomic E-state index is 0.199. The van der Waals surface area contributed by atoms with Crippen LogP contribution in [-0.4, -0.2) is 38.7 Å². The molecule has 1 saturated heterocycles. The third-order valence-corrected chi connectivity index (χ3v) is 5.22. The predicted molar refractivity (Wildman–Crippen MR) is 87.0 cm³/mol. The zero-order chi connectivity index (χ0) is 15.5. The van der Waals surface area contributed by atoms with E-state index in [9.17, 15) is 4.79 Å². The van der Waals surface area contributed by atoms with E-state index in [0.717, 1.165) is 37.9 Å². The molecule has 3 rings (SSSR count). The highest BCUT2D eigenvalue weighted by atomic mass is 32.1. The lowest BCUT2D eigenvalue weighted by Gasteiger charge is -2.31. The number of hydrogen-bond donors (Lipinski definition) is 0. The summed E-state index contributed by atoms with van der Waals surface area (Å²) in [5.74, 6) is 0.599. The van der Waals surface area contributed by atoms with E-state index in [4.69, 9.17) is 4.98 Å². The summed E-state index contributed by atoms with van der Waals surface area (Å²) >= 11 is 1.74. The topological polar surface area (TPSA) is 51.0 Å². The van der Waals surface area contributed by atoms with Crippen LogP contribution in [-0.2, 0) is 24.7 Å². The van der Waals surface area contributed by atoms with Gasteiger partial charge in [-0.25, -0.2) is 4.98 Å². The molecule has 22 heavy (non-hydrogen) atoms. The van der Waals surface area contributed by atoms with Crippen molar-refractivity contribution in [1.29, 1.82) is 0 Å². The maximum Gasteiger partial charge on any atom is 0.227 e. The van der Waals surface area contributed by atoms with Gasteiger partial charge in [0.1, 0.15) is 0 Å². The molecule has 118 valence electrons. The molecule has 0 bridgehead atoms.